The number of nitriles is 1. The summed E-state index contributed by atoms with van der Waals surface area (Å²) in [6.45, 7) is 13.1. The largest absolute Gasteiger partial charge is 0.464 e. The molecular weight excluding hydrogens is 827 g/mol. The molecule has 14 nitrogen and oxygen atoms in total. The molecule has 4 saturated heterocycles. The van der Waals surface area contributed by atoms with Crippen molar-refractivity contribution >= 4 is 40.0 Å². The number of rotatable bonds is 7. The molecule has 3 aromatic heterocycles. The van der Waals surface area contributed by atoms with E-state index in [2.05, 4.69) is 88.9 Å². The number of esters is 1. The van der Waals surface area contributed by atoms with Gasteiger partial charge in [-0.3, -0.25) is 29.3 Å². The number of nitrogens with zero attached hydrogens (tertiary/aromatic N) is 6. The topological polar surface area (TPSA) is 167 Å². The third-order valence-electron chi connectivity index (χ3n) is 16.2. The van der Waals surface area contributed by atoms with Gasteiger partial charge < -0.3 is 24.7 Å². The lowest BCUT2D eigenvalue weighted by Crippen LogP contribution is -2.78. The molecule has 12 rings (SSSR count). The fourth-order valence-electron chi connectivity index (χ4n) is 11.8. The third kappa shape index (κ3) is 6.81. The molecule has 3 N–H and O–H groups in total. The molecule has 64 heavy (non-hydrogen) atoms. The van der Waals surface area contributed by atoms with Crippen molar-refractivity contribution < 1.29 is 23.9 Å². The van der Waals surface area contributed by atoms with E-state index in [1.807, 2.05) is 19.2 Å². The Bertz CT molecular complexity index is 2570. The van der Waals surface area contributed by atoms with Crippen molar-refractivity contribution in [3.8, 4) is 28.6 Å². The SMILES string of the molecule is CO[C@@H](C)c1ncccc1-c1c2c3cc(ccc3n1C1CC(C#N)C1)-c1csc(n1)[C@@H](N1CC3(CCN3)C1)[C@H](NC(=O)C1[C@@H](C)[C@H]1C)C(=O)N1N[C@H](C(=O)OCC(C)(C)C2)C2CC1C2. The van der Waals surface area contributed by atoms with Gasteiger partial charge in [-0.15, -0.1) is 11.3 Å². The summed E-state index contributed by atoms with van der Waals surface area (Å²) in [6.07, 6.45) is 6.04. The smallest absolute Gasteiger partial charge is 0.325 e. The fraction of sp³-hybridized carbons (Fsp3) is 0.592. The van der Waals surface area contributed by atoms with Crippen molar-refractivity contribution in [2.45, 2.75) is 115 Å². The van der Waals surface area contributed by atoms with Gasteiger partial charge >= 0.3 is 5.97 Å². The number of aromatic nitrogens is 3. The number of fused-ring (bicyclic) bond motifs is 4. The van der Waals surface area contributed by atoms with Crippen LogP contribution < -0.4 is 16.1 Å². The molecule has 1 aromatic carbocycles. The number of nitrogens with one attached hydrogen (secondary N) is 3. The minimum Gasteiger partial charge on any atom is -0.464 e. The van der Waals surface area contributed by atoms with E-state index in [0.29, 0.717) is 19.3 Å². The summed E-state index contributed by atoms with van der Waals surface area (Å²) in [7, 11) is 1.70. The number of hydrazine groups is 1. The van der Waals surface area contributed by atoms with Gasteiger partial charge in [0.05, 0.1) is 47.8 Å². The Morgan fingerprint density at radius 1 is 1.11 bits per heavy atom. The summed E-state index contributed by atoms with van der Waals surface area (Å²) in [6, 6.07) is 11.0. The standard InChI is InChI=1S/C49H59N9O5S/c1-25-26(2)38(25)44(59)54-41-43(56-22-49(23-56)11-13-52-49)45-53-36(21-64-45)29-9-10-37-34(18-29)35(19-48(4,5)24-63-47(61)40-30-16-32(17-30)58(55-40)46(41)60)42(57(37)31-14-28(15-31)20-50)33-8-7-12-51-39(33)27(3)62-6/h7-10,12,18,21,25-28,30-32,38,40-41,43,52,55H,11,13-17,19,22-24H2,1-6H3,(H,54,59)/t25-,26+,27-,28?,30?,31?,32?,38?,40-,41-,43-/m0/s1. The summed E-state index contributed by atoms with van der Waals surface area (Å²) in [4.78, 5) is 56.3. The predicted octanol–water partition coefficient (Wildman–Crippen LogP) is 6.10. The predicted molar refractivity (Wildman–Crippen MR) is 241 cm³/mol. The van der Waals surface area contributed by atoms with Crippen LogP contribution in [0.5, 0.6) is 0 Å². The first-order valence-electron chi connectivity index (χ1n) is 23.3. The molecule has 7 atom stereocenters. The van der Waals surface area contributed by atoms with Crippen LogP contribution in [-0.2, 0) is 30.3 Å². The average Bonchev–Trinajstić information content (AvgIpc) is 3.50. The fourth-order valence-corrected chi connectivity index (χ4v) is 12.8. The number of carbonyl (C=O) groups excluding carboxylic acids is 3. The first kappa shape index (κ1) is 41.9. The van der Waals surface area contributed by atoms with E-state index in [-0.39, 0.29) is 77.7 Å². The molecule has 8 bridgehead atoms. The maximum Gasteiger partial charge on any atom is 0.325 e. The summed E-state index contributed by atoms with van der Waals surface area (Å²) in [5, 5.41) is 22.5. The lowest BCUT2D eigenvalue weighted by atomic mass is 9.73. The van der Waals surface area contributed by atoms with Crippen molar-refractivity contribution in [3.63, 3.8) is 0 Å². The number of benzene rings is 1. The quantitative estimate of drug-likeness (QED) is 0.184. The summed E-state index contributed by atoms with van der Waals surface area (Å²) in [5.74, 6) is -0.396. The van der Waals surface area contributed by atoms with Gasteiger partial charge in [-0.25, -0.2) is 10.4 Å². The van der Waals surface area contributed by atoms with Crippen LogP contribution in [0, 0.1) is 46.3 Å². The molecule has 8 aliphatic rings. The second-order valence-corrected chi connectivity index (χ2v) is 21.8. The van der Waals surface area contributed by atoms with Crippen LogP contribution in [0.3, 0.4) is 0 Å². The van der Waals surface area contributed by atoms with Gasteiger partial charge in [-0.05, 0) is 99.6 Å². The molecule has 336 valence electrons. The minimum atomic E-state index is -0.934. The Hall–Kier alpha value is -4.72. The molecule has 4 aromatic rings. The molecule has 2 amide bonds. The molecule has 5 aliphatic heterocycles. The molecule has 7 fully saturated rings. The highest BCUT2D eigenvalue weighted by Gasteiger charge is 2.57. The van der Waals surface area contributed by atoms with E-state index in [1.54, 1.807) is 12.1 Å². The van der Waals surface area contributed by atoms with E-state index >= 15 is 4.79 Å². The first-order valence-corrected chi connectivity index (χ1v) is 24.2. The summed E-state index contributed by atoms with van der Waals surface area (Å²) >= 11 is 1.53. The van der Waals surface area contributed by atoms with Gasteiger partial charge in [0, 0.05) is 82.8 Å². The van der Waals surface area contributed by atoms with Crippen molar-refractivity contribution in [3.05, 3.63) is 58.2 Å². The number of likely N-dealkylation sites (tertiary alicyclic amines) is 1. The number of amides is 2. The maximum absolute atomic E-state index is 15.3. The third-order valence-corrected chi connectivity index (χ3v) is 17.1. The number of ether oxygens (including phenoxy) is 2. The van der Waals surface area contributed by atoms with Crippen molar-refractivity contribution in [2.24, 2.45) is 35.0 Å². The Morgan fingerprint density at radius 3 is 2.56 bits per heavy atom. The van der Waals surface area contributed by atoms with Gasteiger partial charge in [0.25, 0.3) is 5.91 Å². The normalized spacial score (nSPS) is 33.1. The van der Waals surface area contributed by atoms with Crippen LogP contribution in [0.4, 0.5) is 0 Å². The van der Waals surface area contributed by atoms with E-state index in [4.69, 9.17) is 19.4 Å². The molecule has 1 unspecified atom stereocenters. The van der Waals surface area contributed by atoms with Gasteiger partial charge in [0.1, 0.15) is 17.1 Å². The maximum atomic E-state index is 15.3. The monoisotopic (exact) mass is 885 g/mol. The Balaban J connectivity index is 1.08. The van der Waals surface area contributed by atoms with E-state index in [9.17, 15) is 14.9 Å². The number of pyridine rings is 1. The van der Waals surface area contributed by atoms with Crippen molar-refractivity contribution in [2.75, 3.05) is 33.4 Å². The van der Waals surface area contributed by atoms with Crippen LogP contribution in [-0.4, -0.2) is 99.2 Å². The highest BCUT2D eigenvalue weighted by Crippen LogP contribution is 2.50. The highest BCUT2D eigenvalue weighted by molar-refractivity contribution is 7.10. The molecule has 3 saturated carbocycles. The number of hydrogen-bond acceptors (Lipinski definition) is 12. The number of methoxy groups -OCH3 is 1. The van der Waals surface area contributed by atoms with E-state index < -0.39 is 23.5 Å². The zero-order valence-corrected chi connectivity index (χ0v) is 38.4. The Labute approximate surface area is 378 Å². The van der Waals surface area contributed by atoms with Crippen LogP contribution in [0.1, 0.15) is 101 Å². The molecule has 3 aliphatic carbocycles. The van der Waals surface area contributed by atoms with Gasteiger partial charge in [0.15, 0.2) is 0 Å². The number of thiazole rings is 1. The van der Waals surface area contributed by atoms with Crippen LogP contribution in [0.2, 0.25) is 0 Å². The summed E-state index contributed by atoms with van der Waals surface area (Å²) < 4.78 is 14.6. The first-order chi connectivity index (χ1) is 30.8. The lowest BCUT2D eigenvalue weighted by molar-refractivity contribution is -0.172. The number of carbonyl (C=O) groups is 3. The Kier molecular flexibility index (Phi) is 10.1. The minimum absolute atomic E-state index is 0.00556. The van der Waals surface area contributed by atoms with Crippen LogP contribution in [0.25, 0.3) is 33.4 Å². The van der Waals surface area contributed by atoms with Crippen molar-refractivity contribution in [1.29, 1.82) is 5.26 Å². The summed E-state index contributed by atoms with van der Waals surface area (Å²) in [5.41, 5.74) is 9.64. The van der Waals surface area contributed by atoms with Gasteiger partial charge in [-0.1, -0.05) is 33.8 Å². The second-order valence-electron chi connectivity index (χ2n) is 21.0. The van der Waals surface area contributed by atoms with E-state index in [0.717, 1.165) is 88.6 Å². The van der Waals surface area contributed by atoms with Crippen LogP contribution >= 0.6 is 11.3 Å². The molecule has 8 heterocycles. The molecule has 1 spiro atoms. The lowest BCUT2D eigenvalue weighted by Gasteiger charge is -2.59. The number of hydrogen-bond donors (Lipinski definition) is 3. The second kappa shape index (κ2) is 15.4. The molecule has 15 heteroatoms. The van der Waals surface area contributed by atoms with Crippen LogP contribution in [0.15, 0.2) is 41.9 Å². The average molecular weight is 886 g/mol. The zero-order chi connectivity index (χ0) is 44.4. The zero-order valence-electron chi connectivity index (χ0n) is 37.6. The van der Waals surface area contributed by atoms with Crippen molar-refractivity contribution in [1.82, 2.24) is 40.5 Å². The Morgan fingerprint density at radius 2 is 1.88 bits per heavy atom. The molecule has 0 radical (unpaired) electrons. The van der Waals surface area contributed by atoms with Gasteiger partial charge in [-0.2, -0.15) is 5.26 Å². The van der Waals surface area contributed by atoms with Gasteiger partial charge in [0.2, 0.25) is 5.91 Å². The van der Waals surface area contributed by atoms with E-state index in [1.165, 1.54) is 11.3 Å². The number of cyclic esters (lactones) is 1. The highest BCUT2D eigenvalue weighted by atomic mass is 32.1. The molecular formula is C49H59N9O5S.